The van der Waals surface area contributed by atoms with Crippen molar-refractivity contribution >= 4 is 11.6 Å². The topological polar surface area (TPSA) is 47.8 Å². The van der Waals surface area contributed by atoms with Crippen molar-refractivity contribution in [1.82, 2.24) is 14.5 Å². The highest BCUT2D eigenvalue weighted by atomic mass is 35.5. The Labute approximate surface area is 97.6 Å². The molecule has 16 heavy (non-hydrogen) atoms. The number of rotatable bonds is 2. The number of hydrogen-bond donors (Lipinski definition) is 0. The van der Waals surface area contributed by atoms with Gasteiger partial charge in [0, 0.05) is 11.8 Å². The Balaban J connectivity index is 2.31. The van der Waals surface area contributed by atoms with Gasteiger partial charge in [0.25, 0.3) is 5.56 Å². The van der Waals surface area contributed by atoms with Gasteiger partial charge in [-0.1, -0.05) is 17.7 Å². The number of pyridine rings is 1. The standard InChI is InChI=1S/C11H10ClN3O/c1-8-5-11(16)15(7-13-8)6-9-3-2-4-10(12)14-9/h2-5,7H,6H2,1H3. The van der Waals surface area contributed by atoms with Crippen LogP contribution in [0.3, 0.4) is 0 Å². The van der Waals surface area contributed by atoms with E-state index in [2.05, 4.69) is 9.97 Å². The van der Waals surface area contributed by atoms with E-state index in [4.69, 9.17) is 11.6 Å². The third-order valence-electron chi connectivity index (χ3n) is 2.12. The molecule has 2 aromatic heterocycles. The van der Waals surface area contributed by atoms with Crippen molar-refractivity contribution in [3.63, 3.8) is 0 Å². The lowest BCUT2D eigenvalue weighted by Gasteiger charge is -2.04. The van der Waals surface area contributed by atoms with Crippen molar-refractivity contribution in [1.29, 1.82) is 0 Å². The third-order valence-corrected chi connectivity index (χ3v) is 2.33. The molecule has 0 amide bonds. The first-order valence-electron chi connectivity index (χ1n) is 4.80. The molecule has 0 saturated heterocycles. The van der Waals surface area contributed by atoms with Crippen molar-refractivity contribution in [3.8, 4) is 0 Å². The number of aromatic nitrogens is 3. The lowest BCUT2D eigenvalue weighted by Crippen LogP contribution is -2.20. The molecule has 0 aliphatic carbocycles. The summed E-state index contributed by atoms with van der Waals surface area (Å²) in [5.74, 6) is 0. The second-order valence-electron chi connectivity index (χ2n) is 3.45. The minimum atomic E-state index is -0.0886. The molecule has 0 bridgehead atoms. The number of nitrogens with zero attached hydrogens (tertiary/aromatic N) is 3. The van der Waals surface area contributed by atoms with Crippen LogP contribution in [0.4, 0.5) is 0 Å². The summed E-state index contributed by atoms with van der Waals surface area (Å²) in [5, 5.41) is 0.422. The van der Waals surface area contributed by atoms with E-state index in [1.807, 2.05) is 6.07 Å². The molecule has 0 saturated carbocycles. The summed E-state index contributed by atoms with van der Waals surface area (Å²) in [4.78, 5) is 19.8. The zero-order valence-electron chi connectivity index (χ0n) is 8.72. The summed E-state index contributed by atoms with van der Waals surface area (Å²) in [6.07, 6.45) is 1.51. The molecule has 0 aromatic carbocycles. The first-order valence-corrected chi connectivity index (χ1v) is 5.17. The van der Waals surface area contributed by atoms with Gasteiger partial charge in [0.05, 0.1) is 18.6 Å². The first-order chi connectivity index (χ1) is 7.65. The third kappa shape index (κ3) is 2.46. The summed E-state index contributed by atoms with van der Waals surface area (Å²) in [7, 11) is 0. The summed E-state index contributed by atoms with van der Waals surface area (Å²) >= 11 is 5.76. The number of halogens is 1. The number of hydrogen-bond acceptors (Lipinski definition) is 3. The molecule has 0 radical (unpaired) electrons. The highest BCUT2D eigenvalue weighted by Crippen LogP contribution is 2.05. The van der Waals surface area contributed by atoms with E-state index < -0.39 is 0 Å². The Bertz CT molecular complexity index is 565. The lowest BCUT2D eigenvalue weighted by molar-refractivity contribution is 0.714. The maximum absolute atomic E-state index is 11.6. The zero-order chi connectivity index (χ0) is 11.5. The molecular formula is C11H10ClN3O. The van der Waals surface area contributed by atoms with Gasteiger partial charge in [0.1, 0.15) is 5.15 Å². The molecule has 0 unspecified atom stereocenters. The smallest absolute Gasteiger partial charge is 0.253 e. The molecular weight excluding hydrogens is 226 g/mol. The summed E-state index contributed by atoms with van der Waals surface area (Å²) in [6.45, 7) is 2.16. The van der Waals surface area contributed by atoms with Crippen LogP contribution < -0.4 is 5.56 Å². The van der Waals surface area contributed by atoms with E-state index in [9.17, 15) is 4.79 Å². The van der Waals surface area contributed by atoms with Crippen molar-refractivity contribution in [3.05, 3.63) is 57.5 Å². The van der Waals surface area contributed by atoms with Gasteiger partial charge in [0.15, 0.2) is 0 Å². The normalized spacial score (nSPS) is 10.4. The molecule has 0 aliphatic rings. The average Bonchev–Trinajstić information content (AvgIpc) is 2.22. The van der Waals surface area contributed by atoms with Crippen molar-refractivity contribution in [2.75, 3.05) is 0 Å². The van der Waals surface area contributed by atoms with Crippen LogP contribution in [0, 0.1) is 6.92 Å². The average molecular weight is 236 g/mol. The van der Waals surface area contributed by atoms with Gasteiger partial charge in [-0.2, -0.15) is 0 Å². The predicted octanol–water partition coefficient (Wildman–Crippen LogP) is 1.65. The molecule has 82 valence electrons. The fraction of sp³-hybridized carbons (Fsp3) is 0.182. The Kier molecular flexibility index (Phi) is 3.01. The highest BCUT2D eigenvalue weighted by Gasteiger charge is 2.00. The monoisotopic (exact) mass is 235 g/mol. The van der Waals surface area contributed by atoms with Crippen LogP contribution in [0.5, 0.6) is 0 Å². The minimum absolute atomic E-state index is 0.0886. The van der Waals surface area contributed by atoms with E-state index in [0.717, 1.165) is 5.69 Å². The molecule has 0 N–H and O–H groups in total. The van der Waals surface area contributed by atoms with Gasteiger partial charge in [-0.05, 0) is 19.1 Å². The predicted molar refractivity (Wildman–Crippen MR) is 61.6 cm³/mol. The molecule has 0 fully saturated rings. The van der Waals surface area contributed by atoms with Gasteiger partial charge >= 0.3 is 0 Å². The molecule has 2 heterocycles. The minimum Gasteiger partial charge on any atom is -0.293 e. The van der Waals surface area contributed by atoms with Gasteiger partial charge in [-0.15, -0.1) is 0 Å². The summed E-state index contributed by atoms with van der Waals surface area (Å²) < 4.78 is 1.49. The second kappa shape index (κ2) is 4.45. The summed E-state index contributed by atoms with van der Waals surface area (Å²) in [6, 6.07) is 6.81. The van der Waals surface area contributed by atoms with Gasteiger partial charge < -0.3 is 0 Å². The Hall–Kier alpha value is -1.68. The van der Waals surface area contributed by atoms with E-state index >= 15 is 0 Å². The fourth-order valence-corrected chi connectivity index (χ4v) is 1.53. The summed E-state index contributed by atoms with van der Waals surface area (Å²) in [5.41, 5.74) is 1.36. The second-order valence-corrected chi connectivity index (χ2v) is 3.84. The van der Waals surface area contributed by atoms with Crippen LogP contribution in [0.1, 0.15) is 11.4 Å². The number of aryl methyl sites for hydroxylation is 1. The molecule has 2 rings (SSSR count). The highest BCUT2D eigenvalue weighted by molar-refractivity contribution is 6.29. The lowest BCUT2D eigenvalue weighted by atomic mass is 10.3. The van der Waals surface area contributed by atoms with Gasteiger partial charge in [-0.3, -0.25) is 9.36 Å². The first kappa shape index (κ1) is 10.8. The zero-order valence-corrected chi connectivity index (χ0v) is 9.48. The molecule has 4 nitrogen and oxygen atoms in total. The Morgan fingerprint density at radius 3 is 2.94 bits per heavy atom. The van der Waals surface area contributed by atoms with Crippen LogP contribution in [0.15, 0.2) is 35.4 Å². The van der Waals surface area contributed by atoms with Crippen molar-refractivity contribution in [2.45, 2.75) is 13.5 Å². The van der Waals surface area contributed by atoms with Gasteiger partial charge in [-0.25, -0.2) is 9.97 Å². The van der Waals surface area contributed by atoms with Crippen molar-refractivity contribution in [2.24, 2.45) is 0 Å². The van der Waals surface area contributed by atoms with Crippen LogP contribution in [0.2, 0.25) is 5.15 Å². The van der Waals surface area contributed by atoms with Gasteiger partial charge in [0.2, 0.25) is 0 Å². The quantitative estimate of drug-likeness (QED) is 0.744. The maximum atomic E-state index is 11.6. The van der Waals surface area contributed by atoms with Crippen molar-refractivity contribution < 1.29 is 0 Å². The van der Waals surface area contributed by atoms with E-state index in [1.165, 1.54) is 17.0 Å². The fourth-order valence-electron chi connectivity index (χ4n) is 1.35. The maximum Gasteiger partial charge on any atom is 0.253 e. The Morgan fingerprint density at radius 1 is 1.44 bits per heavy atom. The van der Waals surface area contributed by atoms with Crippen LogP contribution >= 0.6 is 11.6 Å². The molecule has 0 atom stereocenters. The van der Waals surface area contributed by atoms with Crippen LogP contribution in [-0.2, 0) is 6.54 Å². The largest absolute Gasteiger partial charge is 0.293 e. The molecule has 0 aliphatic heterocycles. The van der Waals surface area contributed by atoms with E-state index in [1.54, 1.807) is 19.1 Å². The SMILES string of the molecule is Cc1cc(=O)n(Cc2cccc(Cl)n2)cn1. The van der Waals surface area contributed by atoms with E-state index in [0.29, 0.717) is 17.4 Å². The van der Waals surface area contributed by atoms with E-state index in [-0.39, 0.29) is 5.56 Å². The Morgan fingerprint density at radius 2 is 2.25 bits per heavy atom. The molecule has 2 aromatic rings. The van der Waals surface area contributed by atoms with Crippen LogP contribution in [0.25, 0.3) is 0 Å². The van der Waals surface area contributed by atoms with Crippen LogP contribution in [-0.4, -0.2) is 14.5 Å². The molecule has 5 heteroatoms. The molecule has 0 spiro atoms.